The van der Waals surface area contributed by atoms with Crippen molar-refractivity contribution in [2.75, 3.05) is 17.4 Å². The minimum absolute atomic E-state index is 0.00238. The molecule has 1 atom stereocenters. The van der Waals surface area contributed by atoms with E-state index in [2.05, 4.69) is 5.32 Å². The van der Waals surface area contributed by atoms with Gasteiger partial charge in [-0.05, 0) is 86.3 Å². The first-order chi connectivity index (χ1) is 21.0. The number of sulfonamides is 1. The molecule has 4 aromatic carbocycles. The van der Waals surface area contributed by atoms with Crippen molar-refractivity contribution >= 4 is 39.1 Å². The van der Waals surface area contributed by atoms with Crippen molar-refractivity contribution in [3.8, 4) is 0 Å². The van der Waals surface area contributed by atoms with E-state index in [1.54, 1.807) is 12.1 Å². The Morgan fingerprint density at radius 3 is 2.09 bits per heavy atom. The van der Waals surface area contributed by atoms with E-state index in [0.29, 0.717) is 17.3 Å². The van der Waals surface area contributed by atoms with E-state index < -0.39 is 28.5 Å². The second-order valence-corrected chi connectivity index (χ2v) is 13.1. The van der Waals surface area contributed by atoms with E-state index >= 15 is 0 Å². The maximum absolute atomic E-state index is 14.4. The molecule has 9 heteroatoms. The zero-order valence-corrected chi connectivity index (χ0v) is 27.0. The van der Waals surface area contributed by atoms with Crippen LogP contribution in [0.2, 0.25) is 5.02 Å². The fourth-order valence-electron chi connectivity index (χ4n) is 4.88. The fourth-order valence-corrected chi connectivity index (χ4v) is 6.41. The SMILES string of the molecule is CCNC(=O)[C@H](Cc1ccccc1)N(Cc1ccc(C)cc1)C(=O)CN(c1ccc(C)c(C)c1)S(=O)(=O)c1ccc(Cl)cc1. The molecule has 0 saturated carbocycles. The highest BCUT2D eigenvalue weighted by Gasteiger charge is 2.34. The molecule has 1 N–H and O–H groups in total. The largest absolute Gasteiger partial charge is 0.355 e. The molecule has 0 heterocycles. The van der Waals surface area contributed by atoms with Crippen LogP contribution < -0.4 is 9.62 Å². The van der Waals surface area contributed by atoms with E-state index in [0.717, 1.165) is 32.1 Å². The molecule has 4 aromatic rings. The number of carbonyl (C=O) groups is 2. The quantitative estimate of drug-likeness (QED) is 0.201. The molecule has 0 spiro atoms. The Morgan fingerprint density at radius 1 is 0.818 bits per heavy atom. The summed E-state index contributed by atoms with van der Waals surface area (Å²) in [6.07, 6.45) is 0.262. The third-order valence-corrected chi connectivity index (χ3v) is 9.59. The van der Waals surface area contributed by atoms with Crippen LogP contribution in [0.5, 0.6) is 0 Å². The monoisotopic (exact) mass is 631 g/mol. The van der Waals surface area contributed by atoms with E-state index in [4.69, 9.17) is 11.6 Å². The van der Waals surface area contributed by atoms with Crippen molar-refractivity contribution in [1.82, 2.24) is 10.2 Å². The standard InChI is InChI=1S/C35H38ClN3O4S/c1-5-37-35(41)33(22-28-9-7-6-8-10-28)38(23-29-14-11-25(2)12-15-29)34(40)24-39(31-18-13-26(3)27(4)21-31)44(42,43)32-19-16-30(36)17-20-32/h6-21,33H,5,22-24H2,1-4H3,(H,37,41)/t33-/m0/s1. The van der Waals surface area contributed by atoms with Gasteiger partial charge in [-0.1, -0.05) is 77.8 Å². The Kier molecular flexibility index (Phi) is 10.8. The average Bonchev–Trinajstić information content (AvgIpc) is 3.00. The lowest BCUT2D eigenvalue weighted by molar-refractivity contribution is -0.140. The first-order valence-corrected chi connectivity index (χ1v) is 16.3. The molecule has 230 valence electrons. The molecule has 0 unspecified atom stereocenters. The summed E-state index contributed by atoms with van der Waals surface area (Å²) >= 11 is 6.06. The highest BCUT2D eigenvalue weighted by Crippen LogP contribution is 2.27. The molecule has 44 heavy (non-hydrogen) atoms. The van der Waals surface area contributed by atoms with Crippen molar-refractivity contribution in [3.05, 3.63) is 130 Å². The van der Waals surface area contributed by atoms with Crippen LogP contribution >= 0.6 is 11.6 Å². The molecule has 0 aliphatic rings. The number of hydrogen-bond donors (Lipinski definition) is 1. The van der Waals surface area contributed by atoms with Gasteiger partial charge in [-0.2, -0.15) is 0 Å². The lowest BCUT2D eigenvalue weighted by Gasteiger charge is -2.34. The summed E-state index contributed by atoms with van der Waals surface area (Å²) in [5.74, 6) is -0.816. The summed E-state index contributed by atoms with van der Waals surface area (Å²) in [5.41, 5.74) is 4.99. The number of halogens is 1. The van der Waals surface area contributed by atoms with Crippen molar-refractivity contribution in [2.45, 2.75) is 51.6 Å². The maximum Gasteiger partial charge on any atom is 0.264 e. The van der Waals surface area contributed by atoms with Gasteiger partial charge in [0, 0.05) is 24.5 Å². The molecule has 0 aliphatic heterocycles. The first-order valence-electron chi connectivity index (χ1n) is 14.5. The summed E-state index contributed by atoms with van der Waals surface area (Å²) in [7, 11) is -4.20. The number of benzene rings is 4. The Labute approximate surface area is 265 Å². The van der Waals surface area contributed by atoms with Gasteiger partial charge in [-0.15, -0.1) is 0 Å². The second-order valence-electron chi connectivity index (χ2n) is 10.8. The van der Waals surface area contributed by atoms with E-state index in [1.807, 2.05) is 88.4 Å². The first kappa shape index (κ1) is 32.8. The predicted octanol–water partition coefficient (Wildman–Crippen LogP) is 6.24. The molecule has 0 aromatic heterocycles. The molecule has 2 amide bonds. The van der Waals surface area contributed by atoms with Gasteiger partial charge < -0.3 is 10.2 Å². The molecular formula is C35H38ClN3O4S. The molecule has 0 saturated heterocycles. The Bertz CT molecular complexity index is 1690. The number of anilines is 1. The fraction of sp³-hybridized carbons (Fsp3) is 0.257. The summed E-state index contributed by atoms with van der Waals surface area (Å²) in [4.78, 5) is 29.5. The number of nitrogens with zero attached hydrogens (tertiary/aromatic N) is 2. The smallest absolute Gasteiger partial charge is 0.264 e. The lowest BCUT2D eigenvalue weighted by atomic mass is 10.0. The van der Waals surface area contributed by atoms with Crippen molar-refractivity contribution in [2.24, 2.45) is 0 Å². The van der Waals surface area contributed by atoms with Gasteiger partial charge in [0.1, 0.15) is 12.6 Å². The number of amides is 2. The Hall–Kier alpha value is -4.14. The van der Waals surface area contributed by atoms with Crippen LogP contribution in [-0.2, 0) is 32.6 Å². The van der Waals surface area contributed by atoms with Gasteiger partial charge in [0.15, 0.2) is 0 Å². The highest BCUT2D eigenvalue weighted by atomic mass is 35.5. The Morgan fingerprint density at radius 2 is 1.48 bits per heavy atom. The summed E-state index contributed by atoms with van der Waals surface area (Å²) in [6, 6.07) is 27.5. The third-order valence-electron chi connectivity index (χ3n) is 7.55. The van der Waals surface area contributed by atoms with E-state index in [-0.39, 0.29) is 23.8 Å². The third kappa shape index (κ3) is 8.07. The number of nitrogens with one attached hydrogen (secondary N) is 1. The molecular weight excluding hydrogens is 594 g/mol. The van der Waals surface area contributed by atoms with Crippen LogP contribution in [0.1, 0.15) is 34.7 Å². The number of likely N-dealkylation sites (N-methyl/N-ethyl adjacent to an activating group) is 1. The summed E-state index contributed by atoms with van der Waals surface area (Å²) < 4.78 is 29.4. The van der Waals surface area contributed by atoms with Crippen molar-refractivity contribution < 1.29 is 18.0 Å². The van der Waals surface area contributed by atoms with Crippen LogP contribution in [0.3, 0.4) is 0 Å². The Balaban J connectivity index is 1.81. The summed E-state index contributed by atoms with van der Waals surface area (Å²) in [6.45, 7) is 7.62. The number of aryl methyl sites for hydroxylation is 3. The van der Waals surface area contributed by atoms with Gasteiger partial charge in [0.25, 0.3) is 10.0 Å². The van der Waals surface area contributed by atoms with Gasteiger partial charge in [-0.25, -0.2) is 8.42 Å². The van der Waals surface area contributed by atoms with Crippen LogP contribution in [-0.4, -0.2) is 44.3 Å². The number of carbonyl (C=O) groups excluding carboxylic acids is 2. The van der Waals surface area contributed by atoms with Crippen LogP contribution in [0.25, 0.3) is 0 Å². The van der Waals surface area contributed by atoms with Gasteiger partial charge in [-0.3, -0.25) is 13.9 Å². The molecule has 0 fully saturated rings. The molecule has 7 nitrogen and oxygen atoms in total. The maximum atomic E-state index is 14.4. The zero-order chi connectivity index (χ0) is 31.9. The van der Waals surface area contributed by atoms with E-state index in [1.165, 1.54) is 29.2 Å². The minimum Gasteiger partial charge on any atom is -0.355 e. The molecule has 0 radical (unpaired) electrons. The minimum atomic E-state index is -4.20. The zero-order valence-electron chi connectivity index (χ0n) is 25.5. The highest BCUT2D eigenvalue weighted by molar-refractivity contribution is 7.92. The van der Waals surface area contributed by atoms with Crippen molar-refractivity contribution in [3.63, 3.8) is 0 Å². The predicted molar refractivity (Wildman–Crippen MR) is 176 cm³/mol. The van der Waals surface area contributed by atoms with Crippen LogP contribution in [0.4, 0.5) is 5.69 Å². The van der Waals surface area contributed by atoms with Crippen LogP contribution in [0.15, 0.2) is 102 Å². The van der Waals surface area contributed by atoms with Crippen LogP contribution in [0, 0.1) is 20.8 Å². The molecule has 0 aliphatic carbocycles. The average molecular weight is 632 g/mol. The van der Waals surface area contributed by atoms with E-state index in [9.17, 15) is 18.0 Å². The number of rotatable bonds is 12. The van der Waals surface area contributed by atoms with Gasteiger partial charge >= 0.3 is 0 Å². The van der Waals surface area contributed by atoms with Gasteiger partial charge in [0.05, 0.1) is 10.6 Å². The molecule has 0 bridgehead atoms. The van der Waals surface area contributed by atoms with Gasteiger partial charge in [0.2, 0.25) is 11.8 Å². The number of hydrogen-bond acceptors (Lipinski definition) is 4. The lowest BCUT2D eigenvalue weighted by Crippen LogP contribution is -2.53. The topological polar surface area (TPSA) is 86.8 Å². The summed E-state index contributed by atoms with van der Waals surface area (Å²) in [5, 5.41) is 3.28. The van der Waals surface area contributed by atoms with Crippen molar-refractivity contribution in [1.29, 1.82) is 0 Å². The second kappa shape index (κ2) is 14.6. The molecule has 4 rings (SSSR count). The normalized spacial score (nSPS) is 11.9.